The van der Waals surface area contributed by atoms with Gasteiger partial charge in [0.25, 0.3) is 0 Å². The first-order valence-electron chi connectivity index (χ1n) is 7.86. The van der Waals surface area contributed by atoms with Crippen LogP contribution in [0, 0.1) is 0 Å². The fourth-order valence-electron chi connectivity index (χ4n) is 2.55. The molecule has 0 aliphatic rings. The van der Waals surface area contributed by atoms with Crippen LogP contribution >= 0.6 is 0 Å². The summed E-state index contributed by atoms with van der Waals surface area (Å²) in [5.74, 6) is 0.810. The predicted octanol–water partition coefficient (Wildman–Crippen LogP) is 3.37. The molecule has 3 heteroatoms. The SMILES string of the molecule is OC(CNCc1ccccc1)COc1cccc2ccccc12. The Labute approximate surface area is 136 Å². The van der Waals surface area contributed by atoms with Gasteiger partial charge in [0.05, 0.1) is 0 Å². The van der Waals surface area contributed by atoms with Crippen LogP contribution in [0.4, 0.5) is 0 Å². The summed E-state index contributed by atoms with van der Waals surface area (Å²) in [6.07, 6.45) is -0.544. The lowest BCUT2D eigenvalue weighted by Crippen LogP contribution is -2.31. The molecular weight excluding hydrogens is 286 g/mol. The van der Waals surface area contributed by atoms with Gasteiger partial charge >= 0.3 is 0 Å². The Balaban J connectivity index is 1.49. The highest BCUT2D eigenvalue weighted by Gasteiger charge is 2.07. The molecule has 1 unspecified atom stereocenters. The van der Waals surface area contributed by atoms with Crippen LogP contribution in [0.5, 0.6) is 5.75 Å². The molecule has 0 aliphatic heterocycles. The van der Waals surface area contributed by atoms with E-state index >= 15 is 0 Å². The fraction of sp³-hybridized carbons (Fsp3) is 0.200. The normalized spacial score (nSPS) is 12.2. The van der Waals surface area contributed by atoms with Crippen molar-refractivity contribution in [3.8, 4) is 5.75 Å². The smallest absolute Gasteiger partial charge is 0.127 e. The average Bonchev–Trinajstić information content (AvgIpc) is 2.61. The van der Waals surface area contributed by atoms with Crippen molar-refractivity contribution in [2.45, 2.75) is 12.6 Å². The van der Waals surface area contributed by atoms with Crippen molar-refractivity contribution in [3.63, 3.8) is 0 Å². The van der Waals surface area contributed by atoms with Crippen LogP contribution in [0.15, 0.2) is 72.8 Å². The highest BCUT2D eigenvalue weighted by molar-refractivity contribution is 5.88. The van der Waals surface area contributed by atoms with Gasteiger partial charge in [-0.05, 0) is 17.0 Å². The number of rotatable bonds is 7. The second-order valence-electron chi connectivity index (χ2n) is 5.56. The maximum Gasteiger partial charge on any atom is 0.127 e. The molecule has 3 aromatic carbocycles. The van der Waals surface area contributed by atoms with Crippen LogP contribution in [0.2, 0.25) is 0 Å². The van der Waals surface area contributed by atoms with E-state index in [2.05, 4.69) is 29.6 Å². The molecule has 2 N–H and O–H groups in total. The summed E-state index contributed by atoms with van der Waals surface area (Å²) in [4.78, 5) is 0. The first-order chi connectivity index (χ1) is 11.3. The first-order valence-corrected chi connectivity index (χ1v) is 7.86. The van der Waals surface area contributed by atoms with Gasteiger partial charge in [-0.3, -0.25) is 0 Å². The predicted molar refractivity (Wildman–Crippen MR) is 93.6 cm³/mol. The second-order valence-corrected chi connectivity index (χ2v) is 5.56. The topological polar surface area (TPSA) is 41.5 Å². The maximum atomic E-state index is 10.1. The molecule has 0 saturated heterocycles. The Morgan fingerprint density at radius 2 is 1.61 bits per heavy atom. The van der Waals surface area contributed by atoms with Crippen molar-refractivity contribution in [2.24, 2.45) is 0 Å². The molecule has 0 aliphatic carbocycles. The number of hydrogen-bond acceptors (Lipinski definition) is 3. The summed E-state index contributed by atoms with van der Waals surface area (Å²) in [6, 6.07) is 24.2. The summed E-state index contributed by atoms with van der Waals surface area (Å²) in [7, 11) is 0. The van der Waals surface area contributed by atoms with E-state index in [1.165, 1.54) is 5.56 Å². The van der Waals surface area contributed by atoms with Crippen molar-refractivity contribution in [2.75, 3.05) is 13.2 Å². The third kappa shape index (κ3) is 4.31. The Hall–Kier alpha value is -2.36. The minimum Gasteiger partial charge on any atom is -0.490 e. The number of fused-ring (bicyclic) bond motifs is 1. The summed E-state index contributed by atoms with van der Waals surface area (Å²) in [6.45, 7) is 1.52. The van der Waals surface area contributed by atoms with Crippen molar-refractivity contribution in [1.82, 2.24) is 5.32 Å². The highest BCUT2D eigenvalue weighted by atomic mass is 16.5. The minimum absolute atomic E-state index is 0.274. The second kappa shape index (κ2) is 7.77. The van der Waals surface area contributed by atoms with Gasteiger partial charge in [0, 0.05) is 18.5 Å². The fourth-order valence-corrected chi connectivity index (χ4v) is 2.55. The molecule has 3 aromatic rings. The molecule has 0 radical (unpaired) electrons. The van der Waals surface area contributed by atoms with E-state index in [0.29, 0.717) is 6.54 Å². The minimum atomic E-state index is -0.544. The Bertz CT molecular complexity index is 737. The van der Waals surface area contributed by atoms with E-state index in [-0.39, 0.29) is 6.61 Å². The van der Waals surface area contributed by atoms with Crippen LogP contribution in [0.3, 0.4) is 0 Å². The van der Waals surface area contributed by atoms with E-state index in [9.17, 15) is 5.11 Å². The van der Waals surface area contributed by atoms with Crippen molar-refractivity contribution in [3.05, 3.63) is 78.4 Å². The van der Waals surface area contributed by atoms with Gasteiger partial charge in [-0.2, -0.15) is 0 Å². The van der Waals surface area contributed by atoms with Crippen LogP contribution in [-0.2, 0) is 6.54 Å². The van der Waals surface area contributed by atoms with E-state index in [0.717, 1.165) is 23.1 Å². The maximum absolute atomic E-state index is 10.1. The Morgan fingerprint density at radius 1 is 0.870 bits per heavy atom. The van der Waals surface area contributed by atoms with Crippen LogP contribution in [0.25, 0.3) is 10.8 Å². The molecule has 0 spiro atoms. The van der Waals surface area contributed by atoms with Crippen molar-refractivity contribution < 1.29 is 9.84 Å². The number of hydrogen-bond donors (Lipinski definition) is 2. The lowest BCUT2D eigenvalue weighted by atomic mass is 10.1. The molecule has 0 amide bonds. The molecule has 0 bridgehead atoms. The lowest BCUT2D eigenvalue weighted by Gasteiger charge is -2.14. The van der Waals surface area contributed by atoms with E-state index in [4.69, 9.17) is 4.74 Å². The van der Waals surface area contributed by atoms with Crippen molar-refractivity contribution >= 4 is 10.8 Å². The molecule has 0 saturated carbocycles. The van der Waals surface area contributed by atoms with Gasteiger partial charge in [0.1, 0.15) is 18.5 Å². The summed E-state index contributed by atoms with van der Waals surface area (Å²) < 4.78 is 5.79. The van der Waals surface area contributed by atoms with E-state index in [1.54, 1.807) is 0 Å². The number of aliphatic hydroxyl groups is 1. The van der Waals surface area contributed by atoms with Crippen LogP contribution < -0.4 is 10.1 Å². The zero-order valence-electron chi connectivity index (χ0n) is 13.0. The number of ether oxygens (including phenoxy) is 1. The monoisotopic (exact) mass is 307 g/mol. The molecule has 0 aromatic heterocycles. The molecule has 23 heavy (non-hydrogen) atoms. The molecule has 118 valence electrons. The molecule has 0 fully saturated rings. The lowest BCUT2D eigenvalue weighted by molar-refractivity contribution is 0.107. The van der Waals surface area contributed by atoms with Crippen LogP contribution in [-0.4, -0.2) is 24.4 Å². The summed E-state index contributed by atoms with van der Waals surface area (Å²) in [5.41, 5.74) is 1.20. The standard InChI is InChI=1S/C20H21NO2/c22-18(14-21-13-16-7-2-1-3-8-16)15-23-20-12-6-10-17-9-4-5-11-19(17)20/h1-12,18,21-22H,13-15H2. The van der Waals surface area contributed by atoms with E-state index in [1.807, 2.05) is 48.5 Å². The molecule has 1 atom stereocenters. The first kappa shape index (κ1) is 15.5. The number of nitrogens with one attached hydrogen (secondary N) is 1. The molecule has 0 heterocycles. The van der Waals surface area contributed by atoms with Gasteiger partial charge in [0.15, 0.2) is 0 Å². The third-order valence-corrected chi connectivity index (χ3v) is 3.73. The quantitative estimate of drug-likeness (QED) is 0.703. The zero-order valence-corrected chi connectivity index (χ0v) is 13.0. The zero-order chi connectivity index (χ0) is 15.9. The molecular formula is C20H21NO2. The van der Waals surface area contributed by atoms with Crippen LogP contribution in [0.1, 0.15) is 5.56 Å². The van der Waals surface area contributed by atoms with Gasteiger partial charge < -0.3 is 15.2 Å². The Morgan fingerprint density at radius 3 is 2.48 bits per heavy atom. The van der Waals surface area contributed by atoms with Gasteiger partial charge in [-0.25, -0.2) is 0 Å². The number of aliphatic hydroxyl groups excluding tert-OH is 1. The largest absolute Gasteiger partial charge is 0.490 e. The summed E-state index contributed by atoms with van der Waals surface area (Å²) >= 11 is 0. The molecule has 3 rings (SSSR count). The van der Waals surface area contributed by atoms with Gasteiger partial charge in [-0.15, -0.1) is 0 Å². The third-order valence-electron chi connectivity index (χ3n) is 3.73. The molecule has 3 nitrogen and oxygen atoms in total. The highest BCUT2D eigenvalue weighted by Crippen LogP contribution is 2.25. The average molecular weight is 307 g/mol. The van der Waals surface area contributed by atoms with Gasteiger partial charge in [0.2, 0.25) is 0 Å². The van der Waals surface area contributed by atoms with E-state index < -0.39 is 6.10 Å². The van der Waals surface area contributed by atoms with Gasteiger partial charge in [-0.1, -0.05) is 66.7 Å². The number of benzene rings is 3. The van der Waals surface area contributed by atoms with Crippen molar-refractivity contribution in [1.29, 1.82) is 0 Å². The summed E-state index contributed by atoms with van der Waals surface area (Å²) in [5, 5.41) is 15.5. The Kier molecular flexibility index (Phi) is 5.25.